The maximum atomic E-state index is 12.4. The van der Waals surface area contributed by atoms with Gasteiger partial charge in [0.1, 0.15) is 5.75 Å². The van der Waals surface area contributed by atoms with Gasteiger partial charge < -0.3 is 10.1 Å². The van der Waals surface area contributed by atoms with Crippen LogP contribution in [0.5, 0.6) is 5.75 Å². The number of carbonyl (C=O) groups excluding carboxylic acids is 1. The first kappa shape index (κ1) is 17.3. The third-order valence-corrected chi connectivity index (χ3v) is 6.04. The summed E-state index contributed by atoms with van der Waals surface area (Å²) in [6, 6.07) is 12.1. The van der Waals surface area contributed by atoms with Gasteiger partial charge >= 0.3 is 0 Å². The largest absolute Gasteiger partial charge is 0.497 e. The van der Waals surface area contributed by atoms with Crippen LogP contribution in [-0.2, 0) is 10.0 Å². The third kappa shape index (κ3) is 3.61. The summed E-state index contributed by atoms with van der Waals surface area (Å²) in [5.74, 6) is 0.574. The molecule has 1 saturated heterocycles. The highest BCUT2D eigenvalue weighted by Gasteiger charge is 2.29. The Morgan fingerprint density at radius 1 is 1.16 bits per heavy atom. The second-order valence-electron chi connectivity index (χ2n) is 5.93. The Hall–Kier alpha value is -2.54. The van der Waals surface area contributed by atoms with E-state index in [1.54, 1.807) is 43.5 Å². The molecule has 7 heteroatoms. The molecule has 3 rings (SSSR count). The second kappa shape index (κ2) is 6.76. The van der Waals surface area contributed by atoms with Crippen molar-refractivity contribution < 1.29 is 17.9 Å². The van der Waals surface area contributed by atoms with Crippen molar-refractivity contribution in [3.63, 3.8) is 0 Å². The molecule has 0 atom stereocenters. The van der Waals surface area contributed by atoms with Crippen LogP contribution in [0.4, 0.5) is 11.4 Å². The van der Waals surface area contributed by atoms with Gasteiger partial charge in [0.15, 0.2) is 0 Å². The van der Waals surface area contributed by atoms with Crippen molar-refractivity contribution in [3.8, 4) is 5.75 Å². The minimum Gasteiger partial charge on any atom is -0.497 e. The summed E-state index contributed by atoms with van der Waals surface area (Å²) in [5, 5.41) is 2.81. The number of aryl methyl sites for hydroxylation is 1. The van der Waals surface area contributed by atoms with E-state index in [-0.39, 0.29) is 11.7 Å². The van der Waals surface area contributed by atoms with Gasteiger partial charge in [0.05, 0.1) is 18.6 Å². The van der Waals surface area contributed by atoms with E-state index in [0.717, 1.165) is 5.56 Å². The van der Waals surface area contributed by atoms with Gasteiger partial charge in [-0.1, -0.05) is 6.07 Å². The van der Waals surface area contributed by atoms with Crippen molar-refractivity contribution in [2.75, 3.05) is 29.0 Å². The van der Waals surface area contributed by atoms with Gasteiger partial charge in [-0.05, 0) is 55.3 Å². The average Bonchev–Trinajstić information content (AvgIpc) is 2.95. The van der Waals surface area contributed by atoms with Gasteiger partial charge in [0, 0.05) is 17.8 Å². The Labute approximate surface area is 147 Å². The van der Waals surface area contributed by atoms with Crippen molar-refractivity contribution in [1.29, 1.82) is 0 Å². The first-order valence-electron chi connectivity index (χ1n) is 7.97. The molecule has 0 saturated carbocycles. The smallest absolute Gasteiger partial charge is 0.255 e. The van der Waals surface area contributed by atoms with E-state index in [2.05, 4.69) is 5.32 Å². The van der Waals surface area contributed by atoms with Gasteiger partial charge in [-0.3, -0.25) is 9.10 Å². The van der Waals surface area contributed by atoms with Crippen molar-refractivity contribution in [2.45, 2.75) is 13.3 Å². The van der Waals surface area contributed by atoms with Crippen LogP contribution < -0.4 is 14.4 Å². The predicted molar refractivity (Wildman–Crippen MR) is 97.9 cm³/mol. The summed E-state index contributed by atoms with van der Waals surface area (Å²) in [7, 11) is -1.70. The molecule has 132 valence electrons. The summed E-state index contributed by atoms with van der Waals surface area (Å²) in [4.78, 5) is 12.4. The molecule has 0 aromatic heterocycles. The van der Waals surface area contributed by atoms with E-state index >= 15 is 0 Å². The highest BCUT2D eigenvalue weighted by molar-refractivity contribution is 7.93. The lowest BCUT2D eigenvalue weighted by molar-refractivity contribution is 0.102. The molecule has 1 aliphatic heterocycles. The summed E-state index contributed by atoms with van der Waals surface area (Å²) in [6.07, 6.45) is 0.615. The number of amides is 1. The topological polar surface area (TPSA) is 75.7 Å². The molecule has 2 aromatic carbocycles. The van der Waals surface area contributed by atoms with Gasteiger partial charge in [0.2, 0.25) is 10.0 Å². The van der Waals surface area contributed by atoms with Gasteiger partial charge in [-0.2, -0.15) is 0 Å². The zero-order valence-electron chi connectivity index (χ0n) is 14.2. The first-order valence-corrected chi connectivity index (χ1v) is 9.58. The molecule has 0 aliphatic carbocycles. The maximum absolute atomic E-state index is 12.4. The van der Waals surface area contributed by atoms with Crippen LogP contribution in [0.2, 0.25) is 0 Å². The van der Waals surface area contributed by atoms with Gasteiger partial charge in [-0.15, -0.1) is 0 Å². The molecule has 1 amide bonds. The molecular weight excluding hydrogens is 340 g/mol. The molecular formula is C18H20N2O4S. The third-order valence-electron chi connectivity index (χ3n) is 4.19. The van der Waals surface area contributed by atoms with Crippen LogP contribution in [0.3, 0.4) is 0 Å². The van der Waals surface area contributed by atoms with Crippen molar-refractivity contribution >= 4 is 27.3 Å². The molecule has 0 bridgehead atoms. The zero-order chi connectivity index (χ0) is 18.0. The molecule has 1 aliphatic rings. The van der Waals surface area contributed by atoms with Crippen molar-refractivity contribution in [3.05, 3.63) is 53.6 Å². The van der Waals surface area contributed by atoms with Gasteiger partial charge in [0.25, 0.3) is 5.91 Å². The molecule has 0 unspecified atom stereocenters. The Balaban J connectivity index is 1.83. The highest BCUT2D eigenvalue weighted by Crippen LogP contribution is 2.30. The minimum atomic E-state index is -3.26. The lowest BCUT2D eigenvalue weighted by atomic mass is 10.1. The first-order chi connectivity index (χ1) is 11.9. The number of anilines is 2. The van der Waals surface area contributed by atoms with Crippen LogP contribution in [0, 0.1) is 6.92 Å². The molecule has 6 nitrogen and oxygen atoms in total. The molecule has 25 heavy (non-hydrogen) atoms. The Kier molecular flexibility index (Phi) is 4.67. The van der Waals surface area contributed by atoms with E-state index < -0.39 is 10.0 Å². The maximum Gasteiger partial charge on any atom is 0.255 e. The average molecular weight is 360 g/mol. The fourth-order valence-corrected chi connectivity index (χ4v) is 4.43. The normalized spacial score (nSPS) is 15.8. The molecule has 2 aromatic rings. The summed E-state index contributed by atoms with van der Waals surface area (Å²) >= 11 is 0. The predicted octanol–water partition coefficient (Wildman–Crippen LogP) is 2.80. The van der Waals surface area contributed by atoms with Crippen molar-refractivity contribution in [1.82, 2.24) is 0 Å². The number of carbonyl (C=O) groups is 1. The number of methoxy groups -OCH3 is 1. The van der Waals surface area contributed by atoms with E-state index in [9.17, 15) is 13.2 Å². The fourth-order valence-electron chi connectivity index (χ4n) is 2.81. The number of hydrogen-bond donors (Lipinski definition) is 1. The number of rotatable bonds is 4. The number of nitrogens with one attached hydrogen (secondary N) is 1. The van der Waals surface area contributed by atoms with E-state index in [0.29, 0.717) is 35.7 Å². The van der Waals surface area contributed by atoms with E-state index in [1.807, 2.05) is 13.0 Å². The lowest BCUT2D eigenvalue weighted by Gasteiger charge is -2.20. The molecule has 0 spiro atoms. The lowest BCUT2D eigenvalue weighted by Crippen LogP contribution is -2.26. The molecule has 1 heterocycles. The Morgan fingerprint density at radius 3 is 2.48 bits per heavy atom. The number of sulfonamides is 1. The minimum absolute atomic E-state index is 0.162. The highest BCUT2D eigenvalue weighted by atomic mass is 32.2. The van der Waals surface area contributed by atoms with Crippen LogP contribution in [0.25, 0.3) is 0 Å². The molecule has 1 fully saturated rings. The van der Waals surface area contributed by atoms with Gasteiger partial charge in [-0.25, -0.2) is 8.42 Å². The fraction of sp³-hybridized carbons (Fsp3) is 0.278. The Morgan fingerprint density at radius 2 is 1.88 bits per heavy atom. The molecule has 0 radical (unpaired) electrons. The van der Waals surface area contributed by atoms with Crippen LogP contribution in [-0.4, -0.2) is 33.7 Å². The Bertz CT molecular complexity index is 892. The van der Waals surface area contributed by atoms with E-state index in [4.69, 9.17) is 4.74 Å². The van der Waals surface area contributed by atoms with Crippen LogP contribution >= 0.6 is 0 Å². The van der Waals surface area contributed by atoms with Crippen molar-refractivity contribution in [2.24, 2.45) is 0 Å². The summed E-state index contributed by atoms with van der Waals surface area (Å²) < 4.78 is 30.8. The summed E-state index contributed by atoms with van der Waals surface area (Å²) in [6.45, 7) is 2.33. The summed E-state index contributed by atoms with van der Waals surface area (Å²) in [5.41, 5.74) is 2.53. The quantitative estimate of drug-likeness (QED) is 0.910. The zero-order valence-corrected chi connectivity index (χ0v) is 15.0. The van der Waals surface area contributed by atoms with Crippen LogP contribution in [0.15, 0.2) is 42.5 Å². The monoisotopic (exact) mass is 360 g/mol. The van der Waals surface area contributed by atoms with E-state index in [1.165, 1.54) is 4.31 Å². The number of ether oxygens (including phenoxy) is 1. The number of hydrogen-bond acceptors (Lipinski definition) is 4. The molecule has 1 N–H and O–H groups in total. The number of nitrogens with zero attached hydrogens (tertiary/aromatic N) is 1. The second-order valence-corrected chi connectivity index (χ2v) is 7.94. The standard InChI is InChI=1S/C18H20N2O4S/c1-13-4-7-15(12-17(13)20-10-3-11-25(20,22)23)19-18(21)14-5-8-16(24-2)9-6-14/h4-9,12H,3,10-11H2,1-2H3,(H,19,21). The SMILES string of the molecule is COc1ccc(C(=O)Nc2ccc(C)c(N3CCCS3(=O)=O)c2)cc1. The van der Waals surface area contributed by atoms with Crippen LogP contribution in [0.1, 0.15) is 22.3 Å². The number of benzene rings is 2.